The smallest absolute Gasteiger partial charge is 0.388 e. The van der Waals surface area contributed by atoms with Crippen LogP contribution in [0, 0.1) is 0 Å². The lowest BCUT2D eigenvalue weighted by Crippen LogP contribution is -2.42. The van der Waals surface area contributed by atoms with Gasteiger partial charge in [0.25, 0.3) is 0 Å². The summed E-state index contributed by atoms with van der Waals surface area (Å²) >= 11 is 6.22. The number of benzene rings is 1. The number of anilines is 1. The number of nitrogens with zero attached hydrogens (tertiary/aromatic N) is 5. The number of nitrogens with one attached hydrogen (secondary N) is 1. The lowest BCUT2D eigenvalue weighted by Gasteiger charge is -2.28. The first-order valence-electron chi connectivity index (χ1n) is 13.1. The number of likely N-dealkylation sites (N-methyl/N-ethyl adjacent to an activating group) is 1. The zero-order valence-electron chi connectivity index (χ0n) is 21.7. The maximum atomic E-state index is 13.1. The monoisotopic (exact) mass is 592 g/mol. The van der Waals surface area contributed by atoms with Crippen molar-refractivity contribution in [3.05, 3.63) is 41.4 Å². The fourth-order valence-corrected chi connectivity index (χ4v) is 7.10. The first-order valence-corrected chi connectivity index (χ1v) is 15.2. The molecule has 4 heterocycles. The predicted octanol–water partition coefficient (Wildman–Crippen LogP) is 2.71. The van der Waals surface area contributed by atoms with Gasteiger partial charge < -0.3 is 29.7 Å². The van der Waals surface area contributed by atoms with Gasteiger partial charge in [0.1, 0.15) is 30.2 Å². The first-order chi connectivity index (χ1) is 19.2. The van der Waals surface area contributed by atoms with Crippen LogP contribution in [0.5, 0.6) is 5.75 Å². The summed E-state index contributed by atoms with van der Waals surface area (Å²) < 4.78 is 31.6. The summed E-state index contributed by atoms with van der Waals surface area (Å²) in [4.78, 5) is 27.2. The molecule has 3 N–H and O–H groups in total. The molecule has 2 aromatic heterocycles. The summed E-state index contributed by atoms with van der Waals surface area (Å²) in [5, 5.41) is 25.1. The van der Waals surface area contributed by atoms with Gasteiger partial charge in [-0.15, -0.1) is 0 Å². The van der Waals surface area contributed by atoms with Crippen molar-refractivity contribution in [3.8, 4) is 5.75 Å². The van der Waals surface area contributed by atoms with E-state index < -0.39 is 44.2 Å². The zero-order chi connectivity index (χ0) is 28.0. The molecule has 0 spiro atoms. The standard InChI is InChI=1S/C25H30ClN6O7P/c1-31(18(33)12-40(36)37-11-14-6-2-5-9-16(14)39-40)10-17-20(34)21(35)24(38-17)32-13-27-19-22(28-15-7-3-4-8-15)29-25(26)30-23(19)32/h2,5-6,9,13,15,17,20-21,24,34-35H,3-4,7-8,10-12H2,1H3,(H,28,29,30)/t17-,20-,21-,24-,40?/m1/s1. The van der Waals surface area contributed by atoms with Crippen molar-refractivity contribution in [3.63, 3.8) is 0 Å². The highest BCUT2D eigenvalue weighted by molar-refractivity contribution is 7.55. The van der Waals surface area contributed by atoms with E-state index in [9.17, 15) is 19.6 Å². The average molecular weight is 593 g/mol. The summed E-state index contributed by atoms with van der Waals surface area (Å²) in [6.45, 7) is -0.00586. The number of rotatable bonds is 7. The normalized spacial score (nSPS) is 28.4. The molecule has 40 heavy (non-hydrogen) atoms. The average Bonchev–Trinajstić information content (AvgIpc) is 3.65. The predicted molar refractivity (Wildman–Crippen MR) is 144 cm³/mol. The Labute approximate surface area is 235 Å². The van der Waals surface area contributed by atoms with E-state index in [0.29, 0.717) is 22.7 Å². The topological polar surface area (TPSA) is 161 Å². The van der Waals surface area contributed by atoms with Gasteiger partial charge in [-0.2, -0.15) is 9.97 Å². The number of aromatic nitrogens is 4. The molecule has 1 amide bonds. The molecule has 3 aromatic rings. The summed E-state index contributed by atoms with van der Waals surface area (Å²) in [5.74, 6) is 0.401. The van der Waals surface area contributed by atoms with Gasteiger partial charge in [0.2, 0.25) is 11.2 Å². The molecule has 13 nitrogen and oxygen atoms in total. The SMILES string of the molecule is CN(C[C@H]1O[C@@H](n2cnc3c(NC4CCCC4)nc(Cl)nc32)[C@H](O)[C@@H]1O)C(=O)CP1(=O)OCc2ccccc2O1. The third-order valence-corrected chi connectivity index (χ3v) is 9.36. The number of para-hydroxylation sites is 1. The molecular formula is C25H30ClN6O7P. The van der Waals surface area contributed by atoms with Crippen LogP contribution in [-0.4, -0.2) is 84.6 Å². The molecule has 2 fully saturated rings. The lowest BCUT2D eigenvalue weighted by atomic mass is 10.1. The van der Waals surface area contributed by atoms with Crippen molar-refractivity contribution in [2.45, 2.75) is 62.9 Å². The summed E-state index contributed by atoms with van der Waals surface area (Å²) in [5.41, 5.74) is 1.56. The fraction of sp³-hybridized carbons (Fsp3) is 0.520. The number of fused-ring (bicyclic) bond motifs is 2. The second-order valence-corrected chi connectivity index (χ2v) is 12.7. The van der Waals surface area contributed by atoms with Crippen molar-refractivity contribution in [2.75, 3.05) is 25.1 Å². The number of aliphatic hydroxyl groups is 2. The highest BCUT2D eigenvalue weighted by Gasteiger charge is 2.46. The molecule has 3 aliphatic rings. The quantitative estimate of drug-likeness (QED) is 0.273. The Balaban J connectivity index is 1.14. The number of hydrogen-bond acceptors (Lipinski definition) is 11. The minimum absolute atomic E-state index is 0.00862. The van der Waals surface area contributed by atoms with Crippen LogP contribution in [0.4, 0.5) is 5.82 Å². The van der Waals surface area contributed by atoms with Crippen LogP contribution < -0.4 is 9.84 Å². The van der Waals surface area contributed by atoms with Crippen molar-refractivity contribution >= 4 is 42.1 Å². The Bertz CT molecular complexity index is 1470. The number of carbonyl (C=O) groups is 1. The van der Waals surface area contributed by atoms with Gasteiger partial charge in [-0.3, -0.25) is 13.9 Å². The maximum absolute atomic E-state index is 13.1. The highest BCUT2D eigenvalue weighted by atomic mass is 35.5. The minimum atomic E-state index is -3.72. The first kappa shape index (κ1) is 27.4. The Morgan fingerprint density at radius 1 is 1.23 bits per heavy atom. The fourth-order valence-electron chi connectivity index (χ4n) is 5.34. The van der Waals surface area contributed by atoms with E-state index in [1.165, 1.54) is 22.8 Å². The third kappa shape index (κ3) is 5.29. The molecule has 0 bridgehead atoms. The molecule has 1 aromatic carbocycles. The Kier molecular flexibility index (Phi) is 7.45. The van der Waals surface area contributed by atoms with E-state index in [2.05, 4.69) is 20.3 Å². The molecule has 5 atom stereocenters. The second kappa shape index (κ2) is 10.9. The van der Waals surface area contributed by atoms with Crippen LogP contribution in [0.1, 0.15) is 37.5 Å². The van der Waals surface area contributed by atoms with E-state index in [4.69, 9.17) is 25.4 Å². The molecule has 214 valence electrons. The van der Waals surface area contributed by atoms with E-state index in [1.54, 1.807) is 18.2 Å². The summed E-state index contributed by atoms with van der Waals surface area (Å²) in [6.07, 6.45) is 0.635. The Morgan fingerprint density at radius 3 is 2.80 bits per heavy atom. The van der Waals surface area contributed by atoms with Gasteiger partial charge in [-0.25, -0.2) is 9.55 Å². The van der Waals surface area contributed by atoms with Gasteiger partial charge in [0.15, 0.2) is 23.2 Å². The molecule has 15 heteroatoms. The zero-order valence-corrected chi connectivity index (χ0v) is 23.4. The molecule has 0 radical (unpaired) electrons. The molecule has 1 saturated carbocycles. The molecule has 1 saturated heterocycles. The van der Waals surface area contributed by atoms with Crippen LogP contribution in [-0.2, 0) is 25.2 Å². The molecular weight excluding hydrogens is 563 g/mol. The number of imidazole rings is 1. The Morgan fingerprint density at radius 2 is 2.00 bits per heavy atom. The van der Waals surface area contributed by atoms with Crippen molar-refractivity contribution in [2.24, 2.45) is 0 Å². The number of amides is 1. The van der Waals surface area contributed by atoms with Gasteiger partial charge in [-0.1, -0.05) is 31.0 Å². The van der Waals surface area contributed by atoms with Gasteiger partial charge in [0.05, 0.1) is 12.9 Å². The van der Waals surface area contributed by atoms with Crippen LogP contribution in [0.2, 0.25) is 5.28 Å². The van der Waals surface area contributed by atoms with Gasteiger partial charge >= 0.3 is 7.60 Å². The number of carbonyl (C=O) groups excluding carboxylic acids is 1. The molecule has 1 aliphatic carbocycles. The van der Waals surface area contributed by atoms with Crippen molar-refractivity contribution < 1.29 is 33.4 Å². The second-order valence-electron chi connectivity index (χ2n) is 10.4. The van der Waals surface area contributed by atoms with Crippen LogP contribution in [0.25, 0.3) is 11.2 Å². The number of hydrogen-bond donors (Lipinski definition) is 3. The van der Waals surface area contributed by atoms with Crippen molar-refractivity contribution in [1.29, 1.82) is 0 Å². The summed E-state index contributed by atoms with van der Waals surface area (Å²) in [7, 11) is -2.23. The van der Waals surface area contributed by atoms with Crippen LogP contribution in [0.15, 0.2) is 30.6 Å². The molecule has 2 aliphatic heterocycles. The van der Waals surface area contributed by atoms with Gasteiger partial charge in [-0.05, 0) is 30.5 Å². The number of ether oxygens (including phenoxy) is 1. The van der Waals surface area contributed by atoms with Crippen molar-refractivity contribution in [1.82, 2.24) is 24.4 Å². The van der Waals surface area contributed by atoms with Crippen LogP contribution in [0.3, 0.4) is 0 Å². The largest absolute Gasteiger partial charge is 0.424 e. The molecule has 6 rings (SSSR count). The van der Waals surface area contributed by atoms with Gasteiger partial charge in [0, 0.05) is 25.2 Å². The maximum Gasteiger partial charge on any atom is 0.388 e. The van der Waals surface area contributed by atoms with Crippen LogP contribution >= 0.6 is 19.2 Å². The van der Waals surface area contributed by atoms with E-state index in [0.717, 1.165) is 31.2 Å². The Hall–Kier alpha value is -2.80. The number of aliphatic hydroxyl groups excluding tert-OH is 2. The van der Waals surface area contributed by atoms with E-state index in [-0.39, 0.29) is 24.5 Å². The number of halogens is 1. The third-order valence-electron chi connectivity index (χ3n) is 7.54. The van der Waals surface area contributed by atoms with E-state index in [1.807, 2.05) is 6.07 Å². The van der Waals surface area contributed by atoms with E-state index >= 15 is 0 Å². The lowest BCUT2D eigenvalue weighted by molar-refractivity contribution is -0.130. The highest BCUT2D eigenvalue weighted by Crippen LogP contribution is 2.53. The minimum Gasteiger partial charge on any atom is -0.424 e. The molecule has 1 unspecified atom stereocenters. The summed E-state index contributed by atoms with van der Waals surface area (Å²) in [6, 6.07) is 7.30.